The molecule has 1 aliphatic rings. The molecule has 2 N–H and O–H groups in total. The summed E-state index contributed by atoms with van der Waals surface area (Å²) in [4.78, 5) is 0. The molecule has 2 aromatic rings. The molecule has 3 rings (SSSR count). The SMILES string of the molecule is NCCC1c2ccccc2Oc2ccccc21. The highest BCUT2D eigenvalue weighted by Gasteiger charge is 2.25. The van der Waals surface area contributed by atoms with E-state index in [-0.39, 0.29) is 0 Å². The maximum Gasteiger partial charge on any atom is 0.131 e. The topological polar surface area (TPSA) is 35.2 Å². The van der Waals surface area contributed by atoms with Gasteiger partial charge >= 0.3 is 0 Å². The van der Waals surface area contributed by atoms with Crippen molar-refractivity contribution >= 4 is 0 Å². The number of hydrogen-bond acceptors (Lipinski definition) is 2. The summed E-state index contributed by atoms with van der Waals surface area (Å²) >= 11 is 0. The van der Waals surface area contributed by atoms with E-state index in [0.29, 0.717) is 12.5 Å². The molecule has 0 saturated heterocycles. The summed E-state index contributed by atoms with van der Waals surface area (Å²) in [7, 11) is 0. The third-order valence-corrected chi connectivity index (χ3v) is 3.26. The van der Waals surface area contributed by atoms with Crippen molar-refractivity contribution in [3.05, 3.63) is 59.7 Å². The minimum absolute atomic E-state index is 0.362. The van der Waals surface area contributed by atoms with Crippen LogP contribution < -0.4 is 10.5 Å². The van der Waals surface area contributed by atoms with Gasteiger partial charge < -0.3 is 10.5 Å². The average molecular weight is 225 g/mol. The lowest BCUT2D eigenvalue weighted by atomic mass is 9.86. The molecule has 0 unspecified atom stereocenters. The summed E-state index contributed by atoms with van der Waals surface area (Å²) in [5.41, 5.74) is 8.23. The maximum atomic E-state index is 5.91. The lowest BCUT2D eigenvalue weighted by Crippen LogP contribution is -2.14. The van der Waals surface area contributed by atoms with Crippen LogP contribution >= 0.6 is 0 Å². The lowest BCUT2D eigenvalue weighted by Gasteiger charge is -2.27. The van der Waals surface area contributed by atoms with Crippen LogP contribution in [0.1, 0.15) is 23.5 Å². The van der Waals surface area contributed by atoms with Gasteiger partial charge in [0.2, 0.25) is 0 Å². The zero-order valence-electron chi connectivity index (χ0n) is 9.60. The molecule has 0 aromatic heterocycles. The van der Waals surface area contributed by atoms with Crippen LogP contribution in [0.5, 0.6) is 11.5 Å². The van der Waals surface area contributed by atoms with E-state index >= 15 is 0 Å². The molecule has 2 aromatic carbocycles. The normalized spacial score (nSPS) is 13.7. The van der Waals surface area contributed by atoms with E-state index in [1.165, 1.54) is 11.1 Å². The van der Waals surface area contributed by atoms with Gasteiger partial charge in [0.1, 0.15) is 11.5 Å². The van der Waals surface area contributed by atoms with Gasteiger partial charge in [0.05, 0.1) is 0 Å². The van der Waals surface area contributed by atoms with Crippen LogP contribution in [0.3, 0.4) is 0 Å². The van der Waals surface area contributed by atoms with Gasteiger partial charge in [0.15, 0.2) is 0 Å². The molecule has 0 atom stereocenters. The first-order valence-corrected chi connectivity index (χ1v) is 5.96. The lowest BCUT2D eigenvalue weighted by molar-refractivity contribution is 0.441. The fourth-order valence-corrected chi connectivity index (χ4v) is 2.49. The quantitative estimate of drug-likeness (QED) is 0.851. The van der Waals surface area contributed by atoms with Crippen molar-refractivity contribution in [1.82, 2.24) is 0 Å². The second kappa shape index (κ2) is 4.22. The Morgan fingerprint density at radius 3 is 1.94 bits per heavy atom. The van der Waals surface area contributed by atoms with E-state index in [1.54, 1.807) is 0 Å². The van der Waals surface area contributed by atoms with E-state index < -0.39 is 0 Å². The summed E-state index contributed by atoms with van der Waals surface area (Å²) in [5.74, 6) is 2.29. The van der Waals surface area contributed by atoms with Crippen LogP contribution in [0.15, 0.2) is 48.5 Å². The van der Waals surface area contributed by atoms with Crippen molar-refractivity contribution < 1.29 is 4.74 Å². The van der Waals surface area contributed by atoms with E-state index in [1.807, 2.05) is 24.3 Å². The van der Waals surface area contributed by atoms with Crippen LogP contribution in [-0.4, -0.2) is 6.54 Å². The van der Waals surface area contributed by atoms with E-state index in [2.05, 4.69) is 24.3 Å². The highest BCUT2D eigenvalue weighted by atomic mass is 16.5. The zero-order chi connectivity index (χ0) is 11.7. The number of nitrogens with two attached hydrogens (primary N) is 1. The number of hydrogen-bond donors (Lipinski definition) is 1. The fraction of sp³-hybridized carbons (Fsp3) is 0.200. The van der Waals surface area contributed by atoms with Crippen LogP contribution in [-0.2, 0) is 0 Å². The minimum atomic E-state index is 0.362. The second-order valence-corrected chi connectivity index (χ2v) is 4.31. The first kappa shape index (κ1) is 10.4. The summed E-state index contributed by atoms with van der Waals surface area (Å²) in [5, 5.41) is 0. The van der Waals surface area contributed by atoms with Gasteiger partial charge in [-0.2, -0.15) is 0 Å². The van der Waals surface area contributed by atoms with Gasteiger partial charge in [0.25, 0.3) is 0 Å². The average Bonchev–Trinajstić information content (AvgIpc) is 2.39. The Bertz CT molecular complexity index is 490. The molecule has 2 nitrogen and oxygen atoms in total. The molecule has 0 aliphatic carbocycles. The minimum Gasteiger partial charge on any atom is -0.457 e. The molecule has 86 valence electrons. The van der Waals surface area contributed by atoms with Gasteiger partial charge in [-0.05, 0) is 25.1 Å². The maximum absolute atomic E-state index is 5.91. The Balaban J connectivity index is 2.13. The number of rotatable bonds is 2. The third kappa shape index (κ3) is 1.71. The first-order valence-electron chi connectivity index (χ1n) is 5.96. The molecule has 0 bridgehead atoms. The van der Waals surface area contributed by atoms with Crippen LogP contribution in [0.4, 0.5) is 0 Å². The number of para-hydroxylation sites is 2. The van der Waals surface area contributed by atoms with Crippen molar-refractivity contribution in [2.24, 2.45) is 5.73 Å². The Hall–Kier alpha value is -1.80. The van der Waals surface area contributed by atoms with Crippen molar-refractivity contribution in [3.63, 3.8) is 0 Å². The van der Waals surface area contributed by atoms with Gasteiger partial charge in [-0.1, -0.05) is 36.4 Å². The van der Waals surface area contributed by atoms with Crippen LogP contribution in [0.25, 0.3) is 0 Å². The molecule has 2 heteroatoms. The number of ether oxygens (including phenoxy) is 1. The number of fused-ring (bicyclic) bond motifs is 2. The zero-order valence-corrected chi connectivity index (χ0v) is 9.60. The monoisotopic (exact) mass is 225 g/mol. The predicted molar refractivity (Wildman–Crippen MR) is 68.5 cm³/mol. The molecular weight excluding hydrogens is 210 g/mol. The molecule has 1 heterocycles. The Kier molecular flexibility index (Phi) is 2.57. The summed E-state index contributed by atoms with van der Waals surface area (Å²) in [6, 6.07) is 16.4. The predicted octanol–water partition coefficient (Wildman–Crippen LogP) is 3.27. The van der Waals surface area contributed by atoms with Gasteiger partial charge in [-0.25, -0.2) is 0 Å². The molecule has 0 amide bonds. The van der Waals surface area contributed by atoms with Gasteiger partial charge in [-0.3, -0.25) is 0 Å². The van der Waals surface area contributed by atoms with E-state index in [0.717, 1.165) is 17.9 Å². The molecule has 0 radical (unpaired) electrons. The summed E-state index contributed by atoms with van der Waals surface area (Å²) in [6.45, 7) is 0.688. The molecular formula is C15H15NO. The summed E-state index contributed by atoms with van der Waals surface area (Å²) in [6.07, 6.45) is 0.956. The van der Waals surface area contributed by atoms with E-state index in [9.17, 15) is 0 Å². The van der Waals surface area contributed by atoms with Gasteiger partial charge in [0, 0.05) is 17.0 Å². The highest BCUT2D eigenvalue weighted by Crippen LogP contribution is 2.44. The smallest absolute Gasteiger partial charge is 0.131 e. The van der Waals surface area contributed by atoms with Crippen LogP contribution in [0.2, 0.25) is 0 Å². The molecule has 0 fully saturated rings. The molecule has 17 heavy (non-hydrogen) atoms. The third-order valence-electron chi connectivity index (χ3n) is 3.26. The second-order valence-electron chi connectivity index (χ2n) is 4.31. The Labute approximate surface area is 101 Å². The van der Waals surface area contributed by atoms with Gasteiger partial charge in [-0.15, -0.1) is 0 Å². The molecule has 0 spiro atoms. The fourth-order valence-electron chi connectivity index (χ4n) is 2.49. The van der Waals surface area contributed by atoms with E-state index in [4.69, 9.17) is 10.5 Å². The van der Waals surface area contributed by atoms with Crippen molar-refractivity contribution in [1.29, 1.82) is 0 Å². The Morgan fingerprint density at radius 1 is 0.882 bits per heavy atom. The largest absolute Gasteiger partial charge is 0.457 e. The Morgan fingerprint density at radius 2 is 1.41 bits per heavy atom. The van der Waals surface area contributed by atoms with Crippen LogP contribution in [0, 0.1) is 0 Å². The summed E-state index contributed by atoms with van der Waals surface area (Å²) < 4.78 is 5.91. The molecule has 1 aliphatic heterocycles. The van der Waals surface area contributed by atoms with Crippen molar-refractivity contribution in [3.8, 4) is 11.5 Å². The standard InChI is InChI=1S/C15H15NO/c16-10-9-11-12-5-1-3-7-14(12)17-15-8-4-2-6-13(11)15/h1-8,11H,9-10,16H2. The number of benzene rings is 2. The highest BCUT2D eigenvalue weighted by molar-refractivity contribution is 5.53. The van der Waals surface area contributed by atoms with Crippen molar-refractivity contribution in [2.75, 3.05) is 6.54 Å². The first-order chi connectivity index (χ1) is 8.40. The van der Waals surface area contributed by atoms with Crippen molar-refractivity contribution in [2.45, 2.75) is 12.3 Å². The molecule has 0 saturated carbocycles.